The largest absolute Gasteiger partial charge is 0.310 e. The van der Waals surface area contributed by atoms with E-state index >= 15 is 0 Å². The van der Waals surface area contributed by atoms with Crippen LogP contribution in [0.25, 0.3) is 11.1 Å². The molecular formula is C18H21N. The van der Waals surface area contributed by atoms with Crippen LogP contribution in [0.4, 0.5) is 0 Å². The summed E-state index contributed by atoms with van der Waals surface area (Å²) in [6.45, 7) is 3.50. The third kappa shape index (κ3) is 2.71. The molecule has 1 nitrogen and oxygen atoms in total. The van der Waals surface area contributed by atoms with E-state index < -0.39 is 0 Å². The van der Waals surface area contributed by atoms with Gasteiger partial charge in [-0.2, -0.15) is 0 Å². The molecule has 0 saturated carbocycles. The van der Waals surface area contributed by atoms with Crippen molar-refractivity contribution < 1.29 is 0 Å². The molecule has 0 bridgehead atoms. The second-order valence-electron chi connectivity index (χ2n) is 5.54. The van der Waals surface area contributed by atoms with Crippen molar-refractivity contribution in [1.29, 1.82) is 0 Å². The van der Waals surface area contributed by atoms with E-state index in [1.807, 2.05) is 0 Å². The molecular weight excluding hydrogens is 230 g/mol. The van der Waals surface area contributed by atoms with Gasteiger partial charge in [-0.05, 0) is 42.0 Å². The monoisotopic (exact) mass is 251 g/mol. The summed E-state index contributed by atoms with van der Waals surface area (Å²) in [7, 11) is 0. The Morgan fingerprint density at radius 2 is 1.58 bits per heavy atom. The molecule has 1 saturated heterocycles. The SMILES string of the molecule is CC1CCCNC1c1ccc(-c2ccccc2)cc1. The predicted octanol–water partition coefficient (Wildman–Crippen LogP) is 4.41. The molecule has 2 unspecified atom stereocenters. The van der Waals surface area contributed by atoms with Gasteiger partial charge >= 0.3 is 0 Å². The zero-order valence-electron chi connectivity index (χ0n) is 11.5. The fourth-order valence-electron chi connectivity index (χ4n) is 3.01. The Kier molecular flexibility index (Phi) is 3.65. The highest BCUT2D eigenvalue weighted by Crippen LogP contribution is 2.30. The van der Waals surface area contributed by atoms with Crippen LogP contribution in [0.2, 0.25) is 0 Å². The van der Waals surface area contributed by atoms with Crippen molar-refractivity contribution in [2.45, 2.75) is 25.8 Å². The number of hydrogen-bond acceptors (Lipinski definition) is 1. The average molecular weight is 251 g/mol. The third-order valence-corrected chi connectivity index (χ3v) is 4.15. The van der Waals surface area contributed by atoms with Crippen molar-refractivity contribution in [3.63, 3.8) is 0 Å². The van der Waals surface area contributed by atoms with Gasteiger partial charge < -0.3 is 5.32 Å². The third-order valence-electron chi connectivity index (χ3n) is 4.15. The highest BCUT2D eigenvalue weighted by Gasteiger charge is 2.21. The van der Waals surface area contributed by atoms with Crippen molar-refractivity contribution >= 4 is 0 Å². The maximum atomic E-state index is 3.64. The van der Waals surface area contributed by atoms with E-state index in [0.717, 1.165) is 12.5 Å². The zero-order chi connectivity index (χ0) is 13.1. The molecule has 1 N–H and O–H groups in total. The van der Waals surface area contributed by atoms with Gasteiger partial charge in [-0.1, -0.05) is 61.5 Å². The van der Waals surface area contributed by atoms with Crippen molar-refractivity contribution in [3.8, 4) is 11.1 Å². The number of hydrogen-bond donors (Lipinski definition) is 1. The molecule has 1 heterocycles. The lowest BCUT2D eigenvalue weighted by molar-refractivity contribution is 0.306. The molecule has 1 aliphatic heterocycles. The minimum absolute atomic E-state index is 0.526. The minimum Gasteiger partial charge on any atom is -0.310 e. The van der Waals surface area contributed by atoms with Crippen LogP contribution in [0.5, 0.6) is 0 Å². The first-order chi connectivity index (χ1) is 9.34. The molecule has 19 heavy (non-hydrogen) atoms. The topological polar surface area (TPSA) is 12.0 Å². The van der Waals surface area contributed by atoms with Gasteiger partial charge in [0.15, 0.2) is 0 Å². The molecule has 0 aromatic heterocycles. The first kappa shape index (κ1) is 12.4. The minimum atomic E-state index is 0.526. The lowest BCUT2D eigenvalue weighted by atomic mass is 9.87. The molecule has 2 atom stereocenters. The van der Waals surface area contributed by atoms with E-state index in [9.17, 15) is 0 Å². The first-order valence-corrected chi connectivity index (χ1v) is 7.23. The van der Waals surface area contributed by atoms with E-state index in [1.165, 1.54) is 29.5 Å². The molecule has 2 aromatic rings. The Hall–Kier alpha value is -1.60. The summed E-state index contributed by atoms with van der Waals surface area (Å²) in [5, 5.41) is 3.64. The smallest absolute Gasteiger partial charge is 0.0346 e. The number of rotatable bonds is 2. The molecule has 1 fully saturated rings. The van der Waals surface area contributed by atoms with Crippen molar-refractivity contribution in [2.24, 2.45) is 5.92 Å². The standard InChI is InChI=1S/C18H21N/c1-14-6-5-13-19-18(14)17-11-9-16(10-12-17)15-7-3-2-4-8-15/h2-4,7-12,14,18-19H,5-6,13H2,1H3. The quantitative estimate of drug-likeness (QED) is 0.833. The first-order valence-electron chi connectivity index (χ1n) is 7.23. The molecule has 0 aliphatic carbocycles. The van der Waals surface area contributed by atoms with Gasteiger partial charge in [0.1, 0.15) is 0 Å². The number of piperidine rings is 1. The Labute approximate surface area is 115 Å². The van der Waals surface area contributed by atoms with Gasteiger partial charge in [0.05, 0.1) is 0 Å². The molecule has 98 valence electrons. The second kappa shape index (κ2) is 5.58. The maximum absolute atomic E-state index is 3.64. The molecule has 2 aromatic carbocycles. The maximum Gasteiger partial charge on any atom is 0.0346 e. The fourth-order valence-corrected chi connectivity index (χ4v) is 3.01. The second-order valence-corrected chi connectivity index (χ2v) is 5.54. The number of benzene rings is 2. The average Bonchev–Trinajstić information content (AvgIpc) is 2.49. The van der Waals surface area contributed by atoms with Crippen LogP contribution in [0.1, 0.15) is 31.4 Å². The normalized spacial score (nSPS) is 23.2. The molecule has 1 aliphatic rings. The molecule has 0 amide bonds. The van der Waals surface area contributed by atoms with Gasteiger partial charge in [0.25, 0.3) is 0 Å². The summed E-state index contributed by atoms with van der Waals surface area (Å²) >= 11 is 0. The lowest BCUT2D eigenvalue weighted by Gasteiger charge is -2.30. The van der Waals surface area contributed by atoms with E-state index in [2.05, 4.69) is 66.8 Å². The number of nitrogens with one attached hydrogen (secondary N) is 1. The van der Waals surface area contributed by atoms with E-state index in [0.29, 0.717) is 6.04 Å². The summed E-state index contributed by atoms with van der Waals surface area (Å²) in [5.41, 5.74) is 4.01. The van der Waals surface area contributed by atoms with Gasteiger partial charge in [-0.25, -0.2) is 0 Å². The molecule has 1 heteroatoms. The Bertz CT molecular complexity index is 515. The lowest BCUT2D eigenvalue weighted by Crippen LogP contribution is -2.32. The van der Waals surface area contributed by atoms with Crippen LogP contribution in [-0.2, 0) is 0 Å². The van der Waals surface area contributed by atoms with E-state index in [1.54, 1.807) is 0 Å². The van der Waals surface area contributed by atoms with Crippen LogP contribution in [0, 0.1) is 5.92 Å². The van der Waals surface area contributed by atoms with Crippen LogP contribution in [0.3, 0.4) is 0 Å². The molecule has 0 radical (unpaired) electrons. The van der Waals surface area contributed by atoms with Gasteiger partial charge in [0.2, 0.25) is 0 Å². The van der Waals surface area contributed by atoms with Crippen molar-refractivity contribution in [3.05, 3.63) is 60.2 Å². The van der Waals surface area contributed by atoms with Gasteiger partial charge in [-0.15, -0.1) is 0 Å². The highest BCUT2D eigenvalue weighted by molar-refractivity contribution is 5.63. The van der Waals surface area contributed by atoms with Crippen molar-refractivity contribution in [1.82, 2.24) is 5.32 Å². The predicted molar refractivity (Wildman–Crippen MR) is 81.0 cm³/mol. The van der Waals surface area contributed by atoms with Crippen LogP contribution >= 0.6 is 0 Å². The van der Waals surface area contributed by atoms with Crippen LogP contribution < -0.4 is 5.32 Å². The van der Waals surface area contributed by atoms with Gasteiger partial charge in [0, 0.05) is 6.04 Å². The molecule has 0 spiro atoms. The Morgan fingerprint density at radius 1 is 0.895 bits per heavy atom. The molecule has 3 rings (SSSR count). The van der Waals surface area contributed by atoms with Crippen molar-refractivity contribution in [2.75, 3.05) is 6.54 Å². The van der Waals surface area contributed by atoms with Crippen LogP contribution in [-0.4, -0.2) is 6.54 Å². The summed E-state index contributed by atoms with van der Waals surface area (Å²) in [6, 6.07) is 20.1. The highest BCUT2D eigenvalue weighted by atomic mass is 14.9. The summed E-state index contributed by atoms with van der Waals surface area (Å²) in [4.78, 5) is 0. The van der Waals surface area contributed by atoms with Gasteiger partial charge in [-0.3, -0.25) is 0 Å². The van der Waals surface area contributed by atoms with E-state index in [-0.39, 0.29) is 0 Å². The summed E-state index contributed by atoms with van der Waals surface area (Å²) in [5.74, 6) is 0.733. The van der Waals surface area contributed by atoms with Crippen LogP contribution in [0.15, 0.2) is 54.6 Å². The Balaban J connectivity index is 1.83. The summed E-state index contributed by atoms with van der Waals surface area (Å²) in [6.07, 6.45) is 2.64. The zero-order valence-corrected chi connectivity index (χ0v) is 11.5. The van der Waals surface area contributed by atoms with E-state index in [4.69, 9.17) is 0 Å². The Morgan fingerprint density at radius 3 is 2.26 bits per heavy atom. The fraction of sp³-hybridized carbons (Fsp3) is 0.333. The summed E-state index contributed by atoms with van der Waals surface area (Å²) < 4.78 is 0.